The molecule has 1 aliphatic carbocycles. The van der Waals surface area contributed by atoms with Crippen molar-refractivity contribution in [2.24, 2.45) is 0 Å². The first-order valence-corrected chi connectivity index (χ1v) is 6.89. The van der Waals surface area contributed by atoms with E-state index in [1.165, 1.54) is 0 Å². The number of rotatable bonds is 5. The Morgan fingerprint density at radius 2 is 1.82 bits per heavy atom. The standard InChI is InChI=1S/C13H16O4.C3H6O2/c1-15-11-7-8-6-9(14)4-5-10(8)12(16-2)13(11)17-3;1-2-5-3-4/h6-7,14H,4-5H2,1-3H3;3H,2H2,1H3. The maximum Gasteiger partial charge on any atom is 0.293 e. The van der Waals surface area contributed by atoms with Crippen LogP contribution in [0, 0.1) is 0 Å². The Balaban J connectivity index is 0.000000422. The van der Waals surface area contributed by atoms with Gasteiger partial charge in [0.05, 0.1) is 33.7 Å². The molecule has 0 saturated heterocycles. The number of methoxy groups -OCH3 is 3. The predicted octanol–water partition coefficient (Wildman–Crippen LogP) is 2.74. The average molecular weight is 310 g/mol. The molecule has 1 aromatic carbocycles. The normalized spacial score (nSPS) is 12.1. The van der Waals surface area contributed by atoms with Crippen molar-refractivity contribution in [3.63, 3.8) is 0 Å². The van der Waals surface area contributed by atoms with Crippen molar-refractivity contribution in [2.75, 3.05) is 27.9 Å². The Hall–Kier alpha value is -2.37. The molecule has 2 rings (SSSR count). The summed E-state index contributed by atoms with van der Waals surface area (Å²) >= 11 is 0. The molecular formula is C16H22O6. The van der Waals surface area contributed by atoms with Crippen LogP contribution in [0.5, 0.6) is 17.2 Å². The minimum atomic E-state index is 0.381. The molecule has 1 aromatic rings. The summed E-state index contributed by atoms with van der Waals surface area (Å²) in [5.41, 5.74) is 1.96. The summed E-state index contributed by atoms with van der Waals surface area (Å²) in [4.78, 5) is 9.18. The van der Waals surface area contributed by atoms with Crippen molar-refractivity contribution in [3.8, 4) is 17.2 Å². The second kappa shape index (κ2) is 8.81. The molecule has 6 nitrogen and oxygen atoms in total. The van der Waals surface area contributed by atoms with Gasteiger partial charge in [-0.2, -0.15) is 0 Å². The van der Waals surface area contributed by atoms with Crippen LogP contribution in [0.2, 0.25) is 0 Å². The first kappa shape index (κ1) is 17.7. The number of hydrogen-bond acceptors (Lipinski definition) is 6. The van der Waals surface area contributed by atoms with E-state index < -0.39 is 0 Å². The third-order valence-corrected chi connectivity index (χ3v) is 3.16. The Kier molecular flexibility index (Phi) is 7.08. The number of aliphatic hydroxyl groups excluding tert-OH is 1. The van der Waals surface area contributed by atoms with Crippen LogP contribution >= 0.6 is 0 Å². The van der Waals surface area contributed by atoms with E-state index in [-0.39, 0.29) is 0 Å². The Morgan fingerprint density at radius 1 is 1.14 bits per heavy atom. The second-order valence-electron chi connectivity index (χ2n) is 4.40. The van der Waals surface area contributed by atoms with Gasteiger partial charge >= 0.3 is 0 Å². The van der Waals surface area contributed by atoms with Crippen molar-refractivity contribution in [1.82, 2.24) is 0 Å². The molecule has 22 heavy (non-hydrogen) atoms. The number of carbonyl (C=O) groups is 1. The lowest BCUT2D eigenvalue weighted by Crippen LogP contribution is -2.05. The summed E-state index contributed by atoms with van der Waals surface area (Å²) in [6.45, 7) is 2.66. The van der Waals surface area contributed by atoms with Crippen LogP contribution in [-0.2, 0) is 16.0 Å². The van der Waals surface area contributed by atoms with Crippen molar-refractivity contribution in [3.05, 3.63) is 23.0 Å². The maximum atomic E-state index is 9.56. The highest BCUT2D eigenvalue weighted by Gasteiger charge is 2.22. The third kappa shape index (κ3) is 4.07. The van der Waals surface area contributed by atoms with Crippen LogP contribution in [0.1, 0.15) is 24.5 Å². The second-order valence-corrected chi connectivity index (χ2v) is 4.40. The Morgan fingerprint density at radius 3 is 2.27 bits per heavy atom. The topological polar surface area (TPSA) is 74.2 Å². The quantitative estimate of drug-likeness (QED) is 0.843. The van der Waals surface area contributed by atoms with E-state index in [9.17, 15) is 9.90 Å². The SMILES string of the molecule is CCOC=O.COc1cc2c(c(OC)c1OC)CCC(O)=C2. The van der Waals surface area contributed by atoms with Crippen molar-refractivity contribution in [1.29, 1.82) is 0 Å². The molecule has 122 valence electrons. The molecule has 0 spiro atoms. The van der Waals surface area contributed by atoms with Gasteiger partial charge < -0.3 is 24.1 Å². The number of aliphatic hydroxyl groups is 1. The zero-order chi connectivity index (χ0) is 16.5. The molecule has 0 bridgehead atoms. The molecule has 0 aliphatic heterocycles. The molecule has 0 fully saturated rings. The van der Waals surface area contributed by atoms with Gasteiger partial charge in [-0.3, -0.25) is 4.79 Å². The van der Waals surface area contributed by atoms with Gasteiger partial charge in [-0.25, -0.2) is 0 Å². The first-order valence-electron chi connectivity index (χ1n) is 6.89. The van der Waals surface area contributed by atoms with Gasteiger partial charge in [-0.05, 0) is 31.1 Å². The molecule has 6 heteroatoms. The lowest BCUT2D eigenvalue weighted by molar-refractivity contribution is -0.128. The van der Waals surface area contributed by atoms with Crippen LogP contribution in [-0.4, -0.2) is 39.5 Å². The Bertz CT molecular complexity index is 536. The van der Waals surface area contributed by atoms with E-state index in [1.807, 2.05) is 6.07 Å². The Labute approximate surface area is 130 Å². The van der Waals surface area contributed by atoms with Crippen LogP contribution in [0.3, 0.4) is 0 Å². The summed E-state index contributed by atoms with van der Waals surface area (Å²) in [6.07, 6.45) is 3.10. The van der Waals surface area contributed by atoms with Crippen LogP contribution in [0.25, 0.3) is 6.08 Å². The fourth-order valence-electron chi connectivity index (χ4n) is 2.19. The summed E-state index contributed by atoms with van der Waals surface area (Å²) in [7, 11) is 4.77. The number of carbonyl (C=O) groups excluding carboxylic acids is 1. The van der Waals surface area contributed by atoms with Gasteiger partial charge in [-0.15, -0.1) is 0 Å². The van der Waals surface area contributed by atoms with Gasteiger partial charge in [0.25, 0.3) is 6.47 Å². The van der Waals surface area contributed by atoms with Crippen molar-refractivity contribution < 1.29 is 28.8 Å². The molecular weight excluding hydrogens is 288 g/mol. The lowest BCUT2D eigenvalue weighted by atomic mass is 9.94. The van der Waals surface area contributed by atoms with Crippen molar-refractivity contribution in [2.45, 2.75) is 19.8 Å². The zero-order valence-corrected chi connectivity index (χ0v) is 13.3. The molecule has 0 saturated carbocycles. The zero-order valence-electron chi connectivity index (χ0n) is 13.3. The fraction of sp³-hybridized carbons (Fsp3) is 0.438. The molecule has 0 amide bonds. The smallest absolute Gasteiger partial charge is 0.293 e. The molecule has 0 heterocycles. The van der Waals surface area contributed by atoms with Gasteiger partial charge in [-0.1, -0.05) is 0 Å². The van der Waals surface area contributed by atoms with E-state index in [4.69, 9.17) is 14.2 Å². The lowest BCUT2D eigenvalue weighted by Gasteiger charge is -2.20. The summed E-state index contributed by atoms with van der Waals surface area (Å²) in [5, 5.41) is 9.56. The maximum absolute atomic E-state index is 9.56. The number of benzene rings is 1. The number of allylic oxidation sites excluding steroid dienone is 1. The number of fused-ring (bicyclic) bond motifs is 1. The highest BCUT2D eigenvalue weighted by Crippen LogP contribution is 2.44. The molecule has 1 aliphatic rings. The van der Waals surface area contributed by atoms with Crippen LogP contribution < -0.4 is 14.2 Å². The van der Waals surface area contributed by atoms with Gasteiger partial charge in [0.2, 0.25) is 5.75 Å². The van der Waals surface area contributed by atoms with Crippen LogP contribution in [0.15, 0.2) is 11.8 Å². The number of ether oxygens (including phenoxy) is 4. The van der Waals surface area contributed by atoms with E-state index in [0.29, 0.717) is 42.5 Å². The van der Waals surface area contributed by atoms with Crippen molar-refractivity contribution >= 4 is 12.5 Å². The van der Waals surface area contributed by atoms with Crippen LogP contribution in [0.4, 0.5) is 0 Å². The van der Waals surface area contributed by atoms with E-state index in [2.05, 4.69) is 4.74 Å². The number of hydrogen-bond donors (Lipinski definition) is 1. The largest absolute Gasteiger partial charge is 0.512 e. The molecule has 0 unspecified atom stereocenters. The van der Waals surface area contributed by atoms with Gasteiger partial charge in [0.15, 0.2) is 11.5 Å². The van der Waals surface area contributed by atoms with Gasteiger partial charge in [0.1, 0.15) is 0 Å². The predicted molar refractivity (Wildman–Crippen MR) is 82.7 cm³/mol. The first-order chi connectivity index (χ1) is 10.6. The summed E-state index contributed by atoms with van der Waals surface area (Å²) in [6, 6.07) is 1.85. The average Bonchev–Trinajstić information content (AvgIpc) is 2.53. The minimum absolute atomic E-state index is 0.381. The van der Waals surface area contributed by atoms with E-state index >= 15 is 0 Å². The summed E-state index contributed by atoms with van der Waals surface area (Å²) in [5.74, 6) is 2.27. The van der Waals surface area contributed by atoms with E-state index in [0.717, 1.165) is 17.5 Å². The molecule has 0 aromatic heterocycles. The monoisotopic (exact) mass is 310 g/mol. The molecule has 0 radical (unpaired) electrons. The highest BCUT2D eigenvalue weighted by atomic mass is 16.5. The minimum Gasteiger partial charge on any atom is -0.512 e. The third-order valence-electron chi connectivity index (χ3n) is 3.16. The molecule has 0 atom stereocenters. The summed E-state index contributed by atoms with van der Waals surface area (Å²) < 4.78 is 20.1. The highest BCUT2D eigenvalue weighted by molar-refractivity contribution is 5.69. The van der Waals surface area contributed by atoms with Gasteiger partial charge in [0, 0.05) is 12.0 Å². The van der Waals surface area contributed by atoms with E-state index in [1.54, 1.807) is 34.3 Å². The fourth-order valence-corrected chi connectivity index (χ4v) is 2.19. The molecule has 1 N–H and O–H groups in total.